The molecule has 178 valence electrons. The molecule has 0 saturated heterocycles. The van der Waals surface area contributed by atoms with Crippen LogP contribution >= 0.6 is 11.8 Å². The fourth-order valence-electron chi connectivity index (χ4n) is 3.30. The lowest BCUT2D eigenvalue weighted by Gasteiger charge is -2.14. The van der Waals surface area contributed by atoms with Gasteiger partial charge in [-0.25, -0.2) is 13.8 Å². The Morgan fingerprint density at radius 3 is 2.66 bits per heavy atom. The highest BCUT2D eigenvalue weighted by Crippen LogP contribution is 2.29. The van der Waals surface area contributed by atoms with Gasteiger partial charge in [0.05, 0.1) is 46.1 Å². The molecule has 35 heavy (non-hydrogen) atoms. The molecule has 9 nitrogen and oxygen atoms in total. The molecule has 1 amide bonds. The zero-order valence-corrected chi connectivity index (χ0v) is 18.8. The summed E-state index contributed by atoms with van der Waals surface area (Å²) in [6.45, 7) is 0. The fourth-order valence-corrected chi connectivity index (χ4v) is 4.10. The van der Waals surface area contributed by atoms with Crippen molar-refractivity contribution in [2.45, 2.75) is 5.16 Å². The number of anilines is 1. The summed E-state index contributed by atoms with van der Waals surface area (Å²) in [5.41, 5.74) is -0.455. The first-order valence-corrected chi connectivity index (χ1v) is 11.0. The molecule has 0 fully saturated rings. The largest absolute Gasteiger partial charge is 0.494 e. The van der Waals surface area contributed by atoms with Crippen LogP contribution in [0.3, 0.4) is 0 Å². The van der Waals surface area contributed by atoms with Crippen molar-refractivity contribution in [3.63, 3.8) is 0 Å². The van der Waals surface area contributed by atoms with Crippen LogP contribution in [0.15, 0.2) is 70.6 Å². The van der Waals surface area contributed by atoms with Gasteiger partial charge in [0.15, 0.2) is 5.16 Å². The number of aromatic nitrogens is 2. The smallest absolute Gasteiger partial charge is 0.273 e. The lowest BCUT2D eigenvalue weighted by molar-refractivity contribution is -0.384. The molecule has 0 aliphatic rings. The molecule has 12 heteroatoms. The highest BCUT2D eigenvalue weighted by Gasteiger charge is 2.19. The first-order chi connectivity index (χ1) is 16.8. The van der Waals surface area contributed by atoms with E-state index in [4.69, 9.17) is 4.74 Å². The average molecular weight is 498 g/mol. The summed E-state index contributed by atoms with van der Waals surface area (Å²) in [5, 5.41) is 13.8. The van der Waals surface area contributed by atoms with Crippen molar-refractivity contribution < 1.29 is 23.2 Å². The highest BCUT2D eigenvalue weighted by molar-refractivity contribution is 7.99. The van der Waals surface area contributed by atoms with Crippen LogP contribution in [-0.4, -0.2) is 33.2 Å². The van der Waals surface area contributed by atoms with Crippen LogP contribution < -0.4 is 15.6 Å². The van der Waals surface area contributed by atoms with Gasteiger partial charge in [-0.05, 0) is 30.3 Å². The number of rotatable bonds is 7. The van der Waals surface area contributed by atoms with E-state index in [0.717, 1.165) is 28.5 Å². The first-order valence-electron chi connectivity index (χ1n) is 10.0. The molecule has 0 atom stereocenters. The van der Waals surface area contributed by atoms with E-state index < -0.39 is 28.0 Å². The Kier molecular flexibility index (Phi) is 6.73. The van der Waals surface area contributed by atoms with E-state index in [1.807, 2.05) is 0 Å². The van der Waals surface area contributed by atoms with Gasteiger partial charge in [-0.1, -0.05) is 23.9 Å². The molecular formula is C23H16F2N4O5S. The summed E-state index contributed by atoms with van der Waals surface area (Å²) in [5.74, 6) is -2.46. The van der Waals surface area contributed by atoms with Gasteiger partial charge < -0.3 is 10.1 Å². The van der Waals surface area contributed by atoms with E-state index in [0.29, 0.717) is 11.6 Å². The number of carbonyl (C=O) groups is 1. The molecular weight excluding hydrogens is 482 g/mol. The predicted octanol–water partition coefficient (Wildman–Crippen LogP) is 4.31. The minimum atomic E-state index is -0.967. The van der Waals surface area contributed by atoms with E-state index in [-0.39, 0.29) is 39.1 Å². The summed E-state index contributed by atoms with van der Waals surface area (Å²) < 4.78 is 34.1. The Morgan fingerprint density at radius 2 is 1.94 bits per heavy atom. The topological polar surface area (TPSA) is 116 Å². The maximum atomic E-state index is 14.6. The van der Waals surface area contributed by atoms with Crippen molar-refractivity contribution in [2.75, 3.05) is 18.2 Å². The van der Waals surface area contributed by atoms with E-state index in [9.17, 15) is 28.5 Å². The molecule has 0 bridgehead atoms. The van der Waals surface area contributed by atoms with E-state index >= 15 is 0 Å². The van der Waals surface area contributed by atoms with E-state index in [2.05, 4.69) is 10.3 Å². The van der Waals surface area contributed by atoms with Crippen LogP contribution in [-0.2, 0) is 4.79 Å². The van der Waals surface area contributed by atoms with Crippen molar-refractivity contribution in [1.82, 2.24) is 9.55 Å². The molecule has 0 aliphatic carbocycles. The Balaban J connectivity index is 1.66. The highest BCUT2D eigenvalue weighted by atomic mass is 32.2. The zero-order valence-electron chi connectivity index (χ0n) is 18.0. The quantitative estimate of drug-likeness (QED) is 0.175. The van der Waals surface area contributed by atoms with Gasteiger partial charge in [-0.15, -0.1) is 0 Å². The summed E-state index contributed by atoms with van der Waals surface area (Å²) in [6, 6.07) is 13.0. The van der Waals surface area contributed by atoms with Gasteiger partial charge in [-0.3, -0.25) is 24.3 Å². The Morgan fingerprint density at radius 1 is 1.17 bits per heavy atom. The normalized spacial score (nSPS) is 10.8. The standard InChI is InChI=1S/C23H16F2N4O5S/c1-34-20-11-14(29(32)33)7-8-18(20)26-21(30)12-35-23-27-17-5-3-2-4-15(17)22(31)28(23)19-9-6-13(24)10-16(19)25/h2-11H,12H2,1H3,(H,26,30). The number of halogens is 2. The summed E-state index contributed by atoms with van der Waals surface area (Å²) >= 11 is 0.863. The van der Waals surface area contributed by atoms with Crippen molar-refractivity contribution in [2.24, 2.45) is 0 Å². The Labute approximate surface area is 200 Å². The number of nitrogens with zero attached hydrogens (tertiary/aromatic N) is 3. The number of methoxy groups -OCH3 is 1. The Bertz CT molecular complexity index is 1530. The second-order valence-corrected chi connectivity index (χ2v) is 8.07. The first kappa shape index (κ1) is 23.8. The number of hydrogen-bond acceptors (Lipinski definition) is 7. The van der Waals surface area contributed by atoms with Gasteiger partial charge in [0, 0.05) is 12.1 Å². The van der Waals surface area contributed by atoms with Crippen LogP contribution in [0.5, 0.6) is 5.75 Å². The molecule has 0 aliphatic heterocycles. The molecule has 1 heterocycles. The maximum Gasteiger partial charge on any atom is 0.273 e. The summed E-state index contributed by atoms with van der Waals surface area (Å²) in [4.78, 5) is 40.6. The van der Waals surface area contributed by atoms with Crippen LogP contribution in [0.4, 0.5) is 20.2 Å². The number of nitro groups is 1. The molecule has 1 aromatic heterocycles. The number of nitrogens with one attached hydrogen (secondary N) is 1. The van der Waals surface area contributed by atoms with Crippen molar-refractivity contribution >= 4 is 39.9 Å². The number of non-ortho nitro benzene ring substituents is 1. The minimum Gasteiger partial charge on any atom is -0.494 e. The number of para-hydroxylation sites is 1. The number of amides is 1. The molecule has 0 unspecified atom stereocenters. The lowest BCUT2D eigenvalue weighted by atomic mass is 10.2. The Hall–Kier alpha value is -4.32. The maximum absolute atomic E-state index is 14.6. The van der Waals surface area contributed by atoms with E-state index in [1.54, 1.807) is 18.2 Å². The zero-order chi connectivity index (χ0) is 25.1. The van der Waals surface area contributed by atoms with Gasteiger partial charge in [-0.2, -0.15) is 0 Å². The van der Waals surface area contributed by atoms with Crippen LogP contribution in [0.2, 0.25) is 0 Å². The van der Waals surface area contributed by atoms with E-state index in [1.165, 1.54) is 31.4 Å². The molecule has 0 spiro atoms. The second kappa shape index (κ2) is 9.89. The number of carbonyl (C=O) groups excluding carboxylic acids is 1. The van der Waals surface area contributed by atoms with Crippen molar-refractivity contribution in [3.05, 3.63) is 92.8 Å². The third kappa shape index (κ3) is 4.96. The minimum absolute atomic E-state index is 0.0185. The van der Waals surface area contributed by atoms with Gasteiger partial charge in [0.1, 0.15) is 17.4 Å². The van der Waals surface area contributed by atoms with Gasteiger partial charge >= 0.3 is 0 Å². The van der Waals surface area contributed by atoms with Gasteiger partial charge in [0.2, 0.25) is 5.91 Å². The number of benzene rings is 3. The molecule has 4 aromatic rings. The van der Waals surface area contributed by atoms with Crippen molar-refractivity contribution in [3.8, 4) is 11.4 Å². The predicted molar refractivity (Wildman–Crippen MR) is 126 cm³/mol. The summed E-state index contributed by atoms with van der Waals surface area (Å²) in [6.07, 6.45) is 0. The number of nitro benzene ring substituents is 1. The monoisotopic (exact) mass is 498 g/mol. The fraction of sp³-hybridized carbons (Fsp3) is 0.0870. The SMILES string of the molecule is COc1cc([N+](=O)[O-])ccc1NC(=O)CSc1nc2ccccc2c(=O)n1-c1ccc(F)cc1F. The third-order valence-electron chi connectivity index (χ3n) is 4.90. The number of ether oxygens (including phenoxy) is 1. The number of hydrogen-bond donors (Lipinski definition) is 1. The third-order valence-corrected chi connectivity index (χ3v) is 5.84. The molecule has 0 radical (unpaired) electrons. The average Bonchev–Trinajstić information content (AvgIpc) is 2.83. The second-order valence-electron chi connectivity index (χ2n) is 7.13. The number of fused-ring (bicyclic) bond motifs is 1. The number of thioether (sulfide) groups is 1. The molecule has 0 saturated carbocycles. The van der Waals surface area contributed by atoms with Crippen LogP contribution in [0.25, 0.3) is 16.6 Å². The summed E-state index contributed by atoms with van der Waals surface area (Å²) in [7, 11) is 1.30. The molecule has 4 rings (SSSR count). The van der Waals surface area contributed by atoms with Crippen LogP contribution in [0, 0.1) is 21.7 Å². The molecule has 3 aromatic carbocycles. The molecule has 1 N–H and O–H groups in total. The van der Waals surface area contributed by atoms with Crippen LogP contribution in [0.1, 0.15) is 0 Å². The van der Waals surface area contributed by atoms with Crippen molar-refractivity contribution in [1.29, 1.82) is 0 Å². The lowest BCUT2D eigenvalue weighted by Crippen LogP contribution is -2.24. The van der Waals surface area contributed by atoms with Gasteiger partial charge in [0.25, 0.3) is 11.2 Å².